The van der Waals surface area contributed by atoms with E-state index in [0.29, 0.717) is 21.6 Å². The zero-order valence-electron chi connectivity index (χ0n) is 15.7. The molecule has 9 nitrogen and oxygen atoms in total. The summed E-state index contributed by atoms with van der Waals surface area (Å²) in [5.41, 5.74) is 0.141. The van der Waals surface area contributed by atoms with Crippen molar-refractivity contribution >= 4 is 27.4 Å². The van der Waals surface area contributed by atoms with Crippen LogP contribution in [0.3, 0.4) is 0 Å². The first-order valence-corrected chi connectivity index (χ1v) is 10.2. The second-order valence-electron chi connectivity index (χ2n) is 6.18. The number of methoxy groups -OCH3 is 1. The predicted octanol–water partition coefficient (Wildman–Crippen LogP) is 3.21. The summed E-state index contributed by atoms with van der Waals surface area (Å²) in [5, 5.41) is 11.0. The third-order valence-electron chi connectivity index (χ3n) is 4.09. The van der Waals surface area contributed by atoms with Gasteiger partial charge in [0.1, 0.15) is 10.6 Å². The van der Waals surface area contributed by atoms with Crippen LogP contribution in [-0.2, 0) is 10.1 Å². The summed E-state index contributed by atoms with van der Waals surface area (Å²) in [6.07, 6.45) is 0. The quantitative estimate of drug-likeness (QED) is 0.418. The summed E-state index contributed by atoms with van der Waals surface area (Å²) < 4.78 is 36.2. The molecule has 0 aliphatic rings. The predicted molar refractivity (Wildman–Crippen MR) is 109 cm³/mol. The van der Waals surface area contributed by atoms with Crippen molar-refractivity contribution in [1.29, 1.82) is 0 Å². The topological polar surface area (TPSA) is 118 Å². The van der Waals surface area contributed by atoms with Crippen molar-refractivity contribution in [3.05, 3.63) is 85.7 Å². The molecule has 30 heavy (non-hydrogen) atoms. The number of halogens is 1. The molecule has 0 atom stereocenters. The van der Waals surface area contributed by atoms with Crippen molar-refractivity contribution in [2.24, 2.45) is 0 Å². The summed E-state index contributed by atoms with van der Waals surface area (Å²) in [6.45, 7) is 1.67. The number of nitro groups is 1. The third kappa shape index (κ3) is 4.29. The number of non-ortho nitro benzene ring substituents is 1. The largest absolute Gasteiger partial charge is 0.495 e. The third-order valence-corrected chi connectivity index (χ3v) is 5.58. The Morgan fingerprint density at radius 2 is 1.73 bits per heavy atom. The Labute approximate surface area is 176 Å². The normalized spacial score (nSPS) is 11.2. The van der Waals surface area contributed by atoms with Gasteiger partial charge >= 0.3 is 10.1 Å². The molecule has 0 fully saturated rings. The van der Waals surface area contributed by atoms with Crippen LogP contribution in [0.5, 0.6) is 5.75 Å². The van der Waals surface area contributed by atoms with E-state index in [9.17, 15) is 23.3 Å². The fourth-order valence-corrected chi connectivity index (χ4v) is 3.83. The van der Waals surface area contributed by atoms with Gasteiger partial charge in [0.2, 0.25) is 0 Å². The van der Waals surface area contributed by atoms with Gasteiger partial charge in [-0.3, -0.25) is 19.2 Å². The van der Waals surface area contributed by atoms with Gasteiger partial charge in [-0.05, 0) is 48.9 Å². The molecule has 0 aliphatic heterocycles. The minimum atomic E-state index is -4.46. The molecule has 0 N–H and O–H groups in total. The average molecular weight is 451 g/mol. The van der Waals surface area contributed by atoms with Crippen LogP contribution in [0, 0.1) is 17.0 Å². The molecule has 3 aromatic rings. The van der Waals surface area contributed by atoms with Gasteiger partial charge in [0.25, 0.3) is 11.2 Å². The second-order valence-corrected chi connectivity index (χ2v) is 8.12. The summed E-state index contributed by atoms with van der Waals surface area (Å²) in [6, 6.07) is 11.5. The van der Waals surface area contributed by atoms with E-state index < -0.39 is 20.6 Å². The van der Waals surface area contributed by atoms with E-state index in [-0.39, 0.29) is 21.3 Å². The number of nitro benzene ring substituents is 1. The lowest BCUT2D eigenvalue weighted by Crippen LogP contribution is -2.32. The molecular formula is C19H15ClN2O7S. The van der Waals surface area contributed by atoms with Gasteiger partial charge in [-0.1, -0.05) is 11.6 Å². The van der Waals surface area contributed by atoms with Gasteiger partial charge in [0.15, 0.2) is 0 Å². The minimum Gasteiger partial charge on any atom is -0.495 e. The lowest BCUT2D eigenvalue weighted by atomic mass is 10.1. The Morgan fingerprint density at radius 3 is 2.30 bits per heavy atom. The van der Waals surface area contributed by atoms with Gasteiger partial charge in [-0.15, -0.1) is 4.73 Å². The molecule has 0 bridgehead atoms. The molecule has 1 aromatic heterocycles. The standard InChI is InChI=1S/C19H15ClN2O7S/c1-12-9-17(13-3-8-18(28-2)16(20)11-13)21(19(23)10-12)29-30(26,27)15-6-4-14(5-7-15)22(24)25/h3-11H,1-2H3. The second kappa shape index (κ2) is 8.17. The van der Waals surface area contributed by atoms with Crippen LogP contribution in [-0.4, -0.2) is 25.2 Å². The van der Waals surface area contributed by atoms with Gasteiger partial charge in [-0.25, -0.2) is 0 Å². The molecule has 1 heterocycles. The van der Waals surface area contributed by atoms with Crippen LogP contribution in [0.2, 0.25) is 5.02 Å². The fraction of sp³-hybridized carbons (Fsp3) is 0.105. The maximum atomic E-state index is 12.7. The molecule has 0 saturated heterocycles. The zero-order chi connectivity index (χ0) is 22.1. The van der Waals surface area contributed by atoms with Gasteiger partial charge in [0.05, 0.1) is 22.7 Å². The Balaban J connectivity index is 2.09. The van der Waals surface area contributed by atoms with E-state index in [2.05, 4.69) is 0 Å². The van der Waals surface area contributed by atoms with Gasteiger partial charge < -0.3 is 4.74 Å². The number of rotatable bonds is 6. The van der Waals surface area contributed by atoms with E-state index in [1.165, 1.54) is 19.2 Å². The van der Waals surface area contributed by atoms with E-state index in [1.807, 2.05) is 0 Å². The van der Waals surface area contributed by atoms with Crippen molar-refractivity contribution < 1.29 is 22.4 Å². The summed E-state index contributed by atoms with van der Waals surface area (Å²) in [4.78, 5) is 22.3. The molecule has 2 aromatic carbocycles. The molecule has 0 radical (unpaired) electrons. The number of aromatic nitrogens is 1. The number of ether oxygens (including phenoxy) is 1. The maximum Gasteiger partial charge on any atom is 0.357 e. The Kier molecular flexibility index (Phi) is 5.81. The number of benzene rings is 2. The van der Waals surface area contributed by atoms with E-state index >= 15 is 0 Å². The van der Waals surface area contributed by atoms with Crippen molar-refractivity contribution in [3.63, 3.8) is 0 Å². The smallest absolute Gasteiger partial charge is 0.357 e. The molecular weight excluding hydrogens is 436 g/mol. The van der Waals surface area contributed by atoms with Crippen molar-refractivity contribution in [2.75, 3.05) is 7.11 Å². The molecule has 0 unspecified atom stereocenters. The molecule has 156 valence electrons. The average Bonchev–Trinajstić information content (AvgIpc) is 2.69. The lowest BCUT2D eigenvalue weighted by Gasteiger charge is -2.15. The van der Waals surface area contributed by atoms with Crippen LogP contribution in [0.25, 0.3) is 11.3 Å². The molecule has 0 saturated carbocycles. The number of hydrogen-bond donors (Lipinski definition) is 0. The molecule has 11 heteroatoms. The first-order valence-electron chi connectivity index (χ1n) is 8.39. The van der Waals surface area contributed by atoms with E-state index in [4.69, 9.17) is 20.6 Å². The summed E-state index contributed by atoms with van der Waals surface area (Å²) >= 11 is 6.15. The Bertz CT molecular complexity index is 1290. The van der Waals surface area contributed by atoms with Crippen molar-refractivity contribution in [3.8, 4) is 17.0 Å². The van der Waals surface area contributed by atoms with E-state index in [1.54, 1.807) is 25.1 Å². The molecule has 0 spiro atoms. The van der Waals surface area contributed by atoms with E-state index in [0.717, 1.165) is 24.3 Å². The van der Waals surface area contributed by atoms with Crippen LogP contribution in [0.4, 0.5) is 5.69 Å². The summed E-state index contributed by atoms with van der Waals surface area (Å²) in [7, 11) is -3.01. The van der Waals surface area contributed by atoms with Crippen LogP contribution >= 0.6 is 11.6 Å². The van der Waals surface area contributed by atoms with Crippen LogP contribution in [0.1, 0.15) is 5.56 Å². The van der Waals surface area contributed by atoms with Crippen molar-refractivity contribution in [2.45, 2.75) is 11.8 Å². The SMILES string of the molecule is COc1ccc(-c2cc(C)cc(=O)n2OS(=O)(=O)c2ccc([N+](=O)[O-])cc2)cc1Cl. The number of nitrogens with zero attached hydrogens (tertiary/aromatic N) is 2. The fourth-order valence-electron chi connectivity index (χ4n) is 2.67. The summed E-state index contributed by atoms with van der Waals surface area (Å²) in [5.74, 6) is 0.404. The maximum absolute atomic E-state index is 12.7. The minimum absolute atomic E-state index is 0.148. The highest BCUT2D eigenvalue weighted by Gasteiger charge is 2.22. The Morgan fingerprint density at radius 1 is 1.07 bits per heavy atom. The van der Waals surface area contributed by atoms with Gasteiger partial charge in [-0.2, -0.15) is 8.42 Å². The number of hydrogen-bond acceptors (Lipinski definition) is 7. The zero-order valence-corrected chi connectivity index (χ0v) is 17.3. The number of pyridine rings is 1. The lowest BCUT2D eigenvalue weighted by molar-refractivity contribution is -0.384. The number of aryl methyl sites for hydroxylation is 1. The first-order chi connectivity index (χ1) is 14.1. The highest BCUT2D eigenvalue weighted by atomic mass is 35.5. The monoisotopic (exact) mass is 450 g/mol. The Hall–Kier alpha value is -3.37. The highest BCUT2D eigenvalue weighted by Crippen LogP contribution is 2.30. The van der Waals surface area contributed by atoms with Crippen LogP contribution < -0.4 is 14.6 Å². The van der Waals surface area contributed by atoms with Gasteiger partial charge in [0, 0.05) is 23.8 Å². The molecule has 0 aliphatic carbocycles. The van der Waals surface area contributed by atoms with Crippen molar-refractivity contribution in [1.82, 2.24) is 4.73 Å². The van der Waals surface area contributed by atoms with Crippen LogP contribution in [0.15, 0.2) is 64.3 Å². The first kappa shape index (κ1) is 21.3. The molecule has 3 rings (SSSR count). The highest BCUT2D eigenvalue weighted by molar-refractivity contribution is 7.87. The molecule has 0 amide bonds.